The van der Waals surface area contributed by atoms with Crippen LogP contribution in [0.5, 0.6) is 17.2 Å². The first-order valence-corrected chi connectivity index (χ1v) is 9.16. The summed E-state index contributed by atoms with van der Waals surface area (Å²) in [6.45, 7) is 2.81. The van der Waals surface area contributed by atoms with Crippen LogP contribution < -0.4 is 4.74 Å². The van der Waals surface area contributed by atoms with Crippen LogP contribution in [0.3, 0.4) is 0 Å². The van der Waals surface area contributed by atoms with Crippen LogP contribution in [0.25, 0.3) is 0 Å². The topological polar surface area (TPSA) is 70.0 Å². The molecule has 2 N–H and O–H groups in total. The summed E-state index contributed by atoms with van der Waals surface area (Å²) in [6.07, 6.45) is -0.357. The van der Waals surface area contributed by atoms with E-state index in [4.69, 9.17) is 4.74 Å². The van der Waals surface area contributed by atoms with Crippen LogP contribution in [0.15, 0.2) is 66.7 Å². The second kappa shape index (κ2) is 7.27. The quantitative estimate of drug-likeness (QED) is 0.709. The van der Waals surface area contributed by atoms with Crippen LogP contribution in [0.2, 0.25) is 0 Å². The molecule has 1 unspecified atom stereocenters. The van der Waals surface area contributed by atoms with E-state index in [1.807, 2.05) is 61.5 Å². The number of rotatable bonds is 4. The summed E-state index contributed by atoms with van der Waals surface area (Å²) < 4.78 is 5.98. The molecule has 1 aliphatic rings. The number of carbonyl (C=O) groups excluding carboxylic acids is 1. The minimum Gasteiger partial charge on any atom is -0.508 e. The zero-order valence-electron chi connectivity index (χ0n) is 15.5. The minimum atomic E-state index is -0.357. The minimum absolute atomic E-state index is 0.0633. The lowest BCUT2D eigenvalue weighted by atomic mass is 10.1. The van der Waals surface area contributed by atoms with Crippen molar-refractivity contribution in [1.82, 2.24) is 4.90 Å². The van der Waals surface area contributed by atoms with E-state index in [0.717, 1.165) is 22.8 Å². The zero-order valence-corrected chi connectivity index (χ0v) is 15.5. The van der Waals surface area contributed by atoms with E-state index in [2.05, 4.69) is 0 Å². The molecule has 5 nitrogen and oxygen atoms in total. The molecule has 3 aromatic carbocycles. The highest BCUT2D eigenvalue weighted by Gasteiger charge is 2.29. The number of phenols is 2. The largest absolute Gasteiger partial charge is 0.508 e. The normalized spacial score (nSPS) is 13.8. The lowest BCUT2D eigenvalue weighted by molar-refractivity contribution is 0.0741. The van der Waals surface area contributed by atoms with Crippen molar-refractivity contribution in [2.45, 2.75) is 26.1 Å². The molecule has 5 heteroatoms. The predicted octanol–water partition coefficient (Wildman–Crippen LogP) is 4.39. The molecule has 0 saturated carbocycles. The fourth-order valence-electron chi connectivity index (χ4n) is 3.51. The molecule has 1 amide bonds. The van der Waals surface area contributed by atoms with Crippen LogP contribution in [0.1, 0.15) is 40.1 Å². The fraction of sp³-hybridized carbons (Fsp3) is 0.174. The number of aromatic hydroxyl groups is 2. The first-order valence-electron chi connectivity index (χ1n) is 9.16. The van der Waals surface area contributed by atoms with Gasteiger partial charge in [-0.05, 0) is 23.6 Å². The van der Waals surface area contributed by atoms with Gasteiger partial charge in [0.15, 0.2) is 0 Å². The molecule has 28 heavy (non-hydrogen) atoms. The highest BCUT2D eigenvalue weighted by Crippen LogP contribution is 2.37. The Balaban J connectivity index is 1.64. The van der Waals surface area contributed by atoms with Crippen LogP contribution >= 0.6 is 0 Å². The van der Waals surface area contributed by atoms with Crippen molar-refractivity contribution in [2.24, 2.45) is 0 Å². The van der Waals surface area contributed by atoms with Crippen molar-refractivity contribution in [3.8, 4) is 17.2 Å². The second-order valence-electron chi connectivity index (χ2n) is 6.94. The maximum atomic E-state index is 13.2. The van der Waals surface area contributed by atoms with Gasteiger partial charge in [0.2, 0.25) is 0 Å². The molecule has 1 heterocycles. The molecular weight excluding hydrogens is 354 g/mol. The first kappa shape index (κ1) is 17.9. The van der Waals surface area contributed by atoms with Crippen molar-refractivity contribution in [2.75, 3.05) is 0 Å². The monoisotopic (exact) mass is 375 g/mol. The number of ether oxygens (including phenoxy) is 1. The summed E-state index contributed by atoms with van der Waals surface area (Å²) in [5, 5.41) is 20.3. The third-order valence-corrected chi connectivity index (χ3v) is 4.98. The van der Waals surface area contributed by atoms with Gasteiger partial charge in [0.1, 0.15) is 28.9 Å². The lowest BCUT2D eigenvalue weighted by Gasteiger charge is -2.21. The van der Waals surface area contributed by atoms with E-state index in [1.54, 1.807) is 4.90 Å². The Hall–Kier alpha value is -3.47. The number of amides is 1. The highest BCUT2D eigenvalue weighted by atomic mass is 16.5. The lowest BCUT2D eigenvalue weighted by Crippen LogP contribution is -2.26. The van der Waals surface area contributed by atoms with Crippen LogP contribution in [0.4, 0.5) is 0 Å². The molecule has 1 aliphatic heterocycles. The van der Waals surface area contributed by atoms with E-state index in [0.29, 0.717) is 13.1 Å². The molecule has 0 spiro atoms. The van der Waals surface area contributed by atoms with Crippen LogP contribution in [0, 0.1) is 0 Å². The molecule has 4 rings (SSSR count). The second-order valence-corrected chi connectivity index (χ2v) is 6.94. The first-order chi connectivity index (χ1) is 13.5. The molecule has 0 saturated heterocycles. The molecule has 1 atom stereocenters. The molecule has 142 valence electrons. The van der Waals surface area contributed by atoms with Gasteiger partial charge in [-0.15, -0.1) is 0 Å². The third-order valence-electron chi connectivity index (χ3n) is 4.98. The summed E-state index contributed by atoms with van der Waals surface area (Å²) in [4.78, 5) is 14.9. The van der Waals surface area contributed by atoms with Crippen molar-refractivity contribution in [3.63, 3.8) is 0 Å². The van der Waals surface area contributed by atoms with Crippen molar-refractivity contribution < 1.29 is 19.7 Å². The summed E-state index contributed by atoms with van der Waals surface area (Å²) in [7, 11) is 0. The predicted molar refractivity (Wildman–Crippen MR) is 105 cm³/mol. The average molecular weight is 375 g/mol. The Morgan fingerprint density at radius 2 is 1.57 bits per heavy atom. The highest BCUT2D eigenvalue weighted by molar-refractivity contribution is 6.00. The number of fused-ring (bicyclic) bond motifs is 1. The van der Waals surface area contributed by atoms with E-state index in [1.165, 1.54) is 6.07 Å². The van der Waals surface area contributed by atoms with E-state index in [9.17, 15) is 15.0 Å². The van der Waals surface area contributed by atoms with Crippen LogP contribution in [-0.2, 0) is 13.1 Å². The van der Waals surface area contributed by atoms with Gasteiger partial charge in [0.05, 0.1) is 0 Å². The van der Waals surface area contributed by atoms with E-state index < -0.39 is 0 Å². The van der Waals surface area contributed by atoms with Crippen LogP contribution in [-0.4, -0.2) is 21.0 Å². The van der Waals surface area contributed by atoms with E-state index in [-0.39, 0.29) is 34.8 Å². The molecule has 0 aromatic heterocycles. The molecule has 0 bridgehead atoms. The van der Waals surface area contributed by atoms with Gasteiger partial charge in [-0.3, -0.25) is 4.79 Å². The maximum Gasteiger partial charge on any atom is 0.262 e. The van der Waals surface area contributed by atoms with Gasteiger partial charge in [0, 0.05) is 25.2 Å². The van der Waals surface area contributed by atoms with Crippen molar-refractivity contribution in [1.29, 1.82) is 0 Å². The smallest absolute Gasteiger partial charge is 0.262 e. The molecule has 0 fully saturated rings. The van der Waals surface area contributed by atoms with Gasteiger partial charge in [-0.2, -0.15) is 0 Å². The third kappa shape index (κ3) is 3.39. The molecular formula is C23H21NO4. The van der Waals surface area contributed by atoms with Gasteiger partial charge < -0.3 is 19.8 Å². The number of phenolic OH excluding ortho intramolecular Hbond substituents is 2. The molecule has 0 radical (unpaired) electrons. The van der Waals surface area contributed by atoms with Gasteiger partial charge in [-0.1, -0.05) is 54.6 Å². The van der Waals surface area contributed by atoms with E-state index >= 15 is 0 Å². The zero-order chi connectivity index (χ0) is 19.7. The van der Waals surface area contributed by atoms with Gasteiger partial charge >= 0.3 is 0 Å². The fourth-order valence-corrected chi connectivity index (χ4v) is 3.51. The van der Waals surface area contributed by atoms with Crippen molar-refractivity contribution >= 4 is 5.91 Å². The average Bonchev–Trinajstić information content (AvgIpc) is 3.12. The number of hydrogen-bond donors (Lipinski definition) is 2. The Labute approximate surface area is 163 Å². The number of hydrogen-bond acceptors (Lipinski definition) is 4. The SMILES string of the molecule is CC(Oc1cc(O)cc(O)c1C(=O)N1Cc2ccccc2C1)c1ccccc1. The summed E-state index contributed by atoms with van der Waals surface area (Å²) in [5.41, 5.74) is 3.18. The Morgan fingerprint density at radius 1 is 0.964 bits per heavy atom. The Kier molecular flexibility index (Phi) is 4.65. The summed E-state index contributed by atoms with van der Waals surface area (Å²) in [5.74, 6) is -0.621. The summed E-state index contributed by atoms with van der Waals surface area (Å²) >= 11 is 0. The number of nitrogens with zero attached hydrogens (tertiary/aromatic N) is 1. The number of carbonyl (C=O) groups is 1. The van der Waals surface area contributed by atoms with Gasteiger partial charge in [-0.25, -0.2) is 0 Å². The van der Waals surface area contributed by atoms with Gasteiger partial charge in [0.25, 0.3) is 5.91 Å². The maximum absolute atomic E-state index is 13.2. The summed E-state index contributed by atoms with van der Waals surface area (Å²) in [6, 6.07) is 20.0. The Morgan fingerprint density at radius 3 is 2.21 bits per heavy atom. The molecule has 0 aliphatic carbocycles. The standard InChI is InChI=1S/C23H21NO4/c1-15(16-7-3-2-4-8-16)28-21-12-19(25)11-20(26)22(21)23(27)24-13-17-9-5-6-10-18(17)14-24/h2-12,15,25-26H,13-14H2,1H3. The molecule has 3 aromatic rings. The number of benzene rings is 3. The Bertz CT molecular complexity index is 991. The van der Waals surface area contributed by atoms with Crippen molar-refractivity contribution in [3.05, 3.63) is 89.0 Å².